The van der Waals surface area contributed by atoms with Gasteiger partial charge in [0.15, 0.2) is 0 Å². The molecule has 5 heavy (non-hydrogen) atoms. The molecule has 0 saturated heterocycles. The van der Waals surface area contributed by atoms with Gasteiger partial charge in [-0.1, -0.05) is 6.58 Å². The summed E-state index contributed by atoms with van der Waals surface area (Å²) in [6.07, 6.45) is 0.417. The van der Waals surface area contributed by atoms with Crippen LogP contribution in [0.25, 0.3) is 0 Å². The molecule has 0 aliphatic heterocycles. The molecule has 1 radical (unpaired) electrons. The molecule has 0 fully saturated rings. The van der Waals surface area contributed by atoms with Gasteiger partial charge in [-0.05, 0) is 6.92 Å². The Kier molecular flexibility index (Phi) is 1.65. The molecular weight excluding hydrogens is 64.0 g/mol. The minimum absolute atomic E-state index is 0.144. The molecule has 1 heteroatoms. The fraction of sp³-hybridized carbons (Fsp3) is 0.250. The second-order valence-electron chi connectivity index (χ2n) is 0.816. The Morgan fingerprint density at radius 1 is 1.80 bits per heavy atom. The lowest BCUT2D eigenvalue weighted by Crippen LogP contribution is -1.66. The number of hydrogen-bond acceptors (Lipinski definition) is 1. The maximum Gasteiger partial charge on any atom is 0.0851 e. The molecule has 0 aromatic rings. The van der Waals surface area contributed by atoms with Crippen molar-refractivity contribution in [3.8, 4) is 0 Å². The first-order valence-corrected chi connectivity index (χ1v) is 1.43. The van der Waals surface area contributed by atoms with Crippen LogP contribution in [0.4, 0.5) is 0 Å². The fourth-order valence-electron chi connectivity index (χ4n) is 0. The van der Waals surface area contributed by atoms with E-state index in [2.05, 4.69) is 13.5 Å². The third-order valence-electron chi connectivity index (χ3n) is 0.289. The van der Waals surface area contributed by atoms with Gasteiger partial charge in [0.2, 0.25) is 0 Å². The molecule has 29 valence electrons. The predicted octanol–water partition coefficient (Wildman–Crippen LogP) is 1.28. The van der Waals surface area contributed by atoms with E-state index in [9.17, 15) is 0 Å². The highest BCUT2D eigenvalue weighted by Crippen LogP contribution is 1.83. The molecule has 1 nitrogen and oxygen atoms in total. The number of hydrogen-bond donors (Lipinski definition) is 1. The Morgan fingerprint density at radius 3 is 2.00 bits per heavy atom. The van der Waals surface area contributed by atoms with Gasteiger partial charge >= 0.3 is 0 Å². The Bertz CT molecular complexity index is 38.9. The van der Waals surface area contributed by atoms with Crippen molar-refractivity contribution in [1.29, 1.82) is 0 Å². The summed E-state index contributed by atoms with van der Waals surface area (Å²) in [5, 5.41) is 8.10. The summed E-state index contributed by atoms with van der Waals surface area (Å²) in [5.74, 6) is 0.144. The van der Waals surface area contributed by atoms with Gasteiger partial charge in [0, 0.05) is 6.42 Å². The van der Waals surface area contributed by atoms with Crippen LogP contribution in [0.1, 0.15) is 6.42 Å². The summed E-state index contributed by atoms with van der Waals surface area (Å²) in [6, 6.07) is 0. The number of allylic oxidation sites excluding steroid dienone is 1. The third kappa shape index (κ3) is 3.54. The summed E-state index contributed by atoms with van der Waals surface area (Å²) in [4.78, 5) is 0. The highest BCUT2D eigenvalue weighted by Gasteiger charge is 1.71. The van der Waals surface area contributed by atoms with Crippen LogP contribution < -0.4 is 0 Å². The average molecular weight is 71.1 g/mol. The molecule has 0 aliphatic rings. The monoisotopic (exact) mass is 71.0 g/mol. The van der Waals surface area contributed by atoms with E-state index in [1.54, 1.807) is 0 Å². The maximum absolute atomic E-state index is 8.10. The van der Waals surface area contributed by atoms with E-state index in [1.807, 2.05) is 0 Å². The van der Waals surface area contributed by atoms with Gasteiger partial charge in [-0.25, -0.2) is 0 Å². The zero-order valence-electron chi connectivity index (χ0n) is 3.07. The van der Waals surface area contributed by atoms with E-state index in [1.165, 1.54) is 0 Å². The van der Waals surface area contributed by atoms with Crippen LogP contribution in [0.2, 0.25) is 0 Å². The molecule has 0 heterocycles. The Morgan fingerprint density at radius 2 is 2.00 bits per heavy atom. The molecule has 0 saturated carbocycles. The van der Waals surface area contributed by atoms with E-state index < -0.39 is 0 Å². The summed E-state index contributed by atoms with van der Waals surface area (Å²) < 4.78 is 0. The molecule has 0 aliphatic carbocycles. The van der Waals surface area contributed by atoms with Crippen molar-refractivity contribution in [2.45, 2.75) is 6.42 Å². The van der Waals surface area contributed by atoms with Gasteiger partial charge in [-0.15, -0.1) is 0 Å². The lowest BCUT2D eigenvalue weighted by atomic mass is 10.4. The first kappa shape index (κ1) is 4.54. The third-order valence-corrected chi connectivity index (χ3v) is 0.289. The minimum Gasteiger partial charge on any atom is -0.513 e. The van der Waals surface area contributed by atoms with Crippen molar-refractivity contribution in [3.63, 3.8) is 0 Å². The predicted molar refractivity (Wildman–Crippen MR) is 21.7 cm³/mol. The SMILES string of the molecule is [CH2]CC(=C)O. The van der Waals surface area contributed by atoms with E-state index in [-0.39, 0.29) is 5.76 Å². The van der Waals surface area contributed by atoms with Gasteiger partial charge in [-0.2, -0.15) is 0 Å². The average Bonchev–Trinajstić information content (AvgIpc) is 1.38. The van der Waals surface area contributed by atoms with Gasteiger partial charge in [-0.3, -0.25) is 0 Å². The Labute approximate surface area is 31.9 Å². The zero-order chi connectivity index (χ0) is 4.28. The van der Waals surface area contributed by atoms with E-state index in [4.69, 9.17) is 5.11 Å². The Hall–Kier alpha value is -0.460. The van der Waals surface area contributed by atoms with Crippen molar-refractivity contribution in [3.05, 3.63) is 19.3 Å². The second-order valence-corrected chi connectivity index (χ2v) is 0.816. The fourth-order valence-corrected chi connectivity index (χ4v) is 0. The van der Waals surface area contributed by atoms with Crippen LogP contribution in [0.5, 0.6) is 0 Å². The summed E-state index contributed by atoms with van der Waals surface area (Å²) in [6.45, 7) is 6.50. The molecule has 0 unspecified atom stereocenters. The van der Waals surface area contributed by atoms with E-state index >= 15 is 0 Å². The maximum atomic E-state index is 8.10. The lowest BCUT2D eigenvalue weighted by Gasteiger charge is -1.80. The van der Waals surface area contributed by atoms with Crippen molar-refractivity contribution in [2.75, 3.05) is 0 Å². The van der Waals surface area contributed by atoms with Crippen molar-refractivity contribution in [2.24, 2.45) is 0 Å². The number of aliphatic hydroxyl groups excluding tert-OH is 1. The van der Waals surface area contributed by atoms with E-state index in [0.717, 1.165) is 0 Å². The summed E-state index contributed by atoms with van der Waals surface area (Å²) in [5.41, 5.74) is 0. The smallest absolute Gasteiger partial charge is 0.0851 e. The van der Waals surface area contributed by atoms with E-state index in [0.29, 0.717) is 6.42 Å². The van der Waals surface area contributed by atoms with Crippen LogP contribution in [-0.2, 0) is 0 Å². The van der Waals surface area contributed by atoms with Crippen LogP contribution in [0.15, 0.2) is 12.3 Å². The molecule has 0 rings (SSSR count). The molecule has 0 atom stereocenters. The normalized spacial score (nSPS) is 7.40. The molecule has 1 N–H and O–H groups in total. The summed E-state index contributed by atoms with van der Waals surface area (Å²) in [7, 11) is 0. The molecule has 0 aromatic carbocycles. The van der Waals surface area contributed by atoms with Crippen LogP contribution in [0.3, 0.4) is 0 Å². The highest BCUT2D eigenvalue weighted by molar-refractivity contribution is 4.78. The number of aliphatic hydroxyl groups is 1. The molecule has 0 bridgehead atoms. The Balaban J connectivity index is 2.85. The first-order chi connectivity index (χ1) is 2.27. The standard InChI is InChI=1S/C4H7O/c1-3-4(2)5/h5H,1-3H2. The molecule has 0 amide bonds. The van der Waals surface area contributed by atoms with Crippen molar-refractivity contribution in [1.82, 2.24) is 0 Å². The second kappa shape index (κ2) is 1.82. The van der Waals surface area contributed by atoms with Crippen LogP contribution in [0, 0.1) is 6.92 Å². The van der Waals surface area contributed by atoms with Crippen molar-refractivity contribution >= 4 is 0 Å². The topological polar surface area (TPSA) is 20.2 Å². The van der Waals surface area contributed by atoms with Crippen LogP contribution >= 0.6 is 0 Å². The van der Waals surface area contributed by atoms with Gasteiger partial charge in [0.05, 0.1) is 5.76 Å². The molecular formula is C4H7O. The van der Waals surface area contributed by atoms with Gasteiger partial charge in [0.1, 0.15) is 0 Å². The van der Waals surface area contributed by atoms with Gasteiger partial charge in [0.25, 0.3) is 0 Å². The van der Waals surface area contributed by atoms with Crippen molar-refractivity contribution < 1.29 is 5.11 Å². The quantitative estimate of drug-likeness (QED) is 0.462. The molecule has 0 spiro atoms. The van der Waals surface area contributed by atoms with Crippen LogP contribution in [-0.4, -0.2) is 5.11 Å². The zero-order valence-corrected chi connectivity index (χ0v) is 3.07. The molecule has 0 aromatic heterocycles. The minimum atomic E-state index is 0.144. The first-order valence-electron chi connectivity index (χ1n) is 1.43. The number of rotatable bonds is 1. The highest BCUT2D eigenvalue weighted by atomic mass is 16.3. The lowest BCUT2D eigenvalue weighted by molar-refractivity contribution is 0.404. The van der Waals surface area contributed by atoms with Gasteiger partial charge < -0.3 is 5.11 Å². The largest absolute Gasteiger partial charge is 0.513 e. The summed E-state index contributed by atoms with van der Waals surface area (Å²) >= 11 is 0.